The summed E-state index contributed by atoms with van der Waals surface area (Å²) in [6.07, 6.45) is 7.14. The maximum atomic E-state index is 10.8. The molecule has 0 saturated carbocycles. The maximum absolute atomic E-state index is 10.8. The minimum Gasteiger partial charge on any atom is -0.507 e. The Hall–Kier alpha value is -2.28. The number of rotatable bonds is 6. The number of phenolic OH excluding ortho intramolecular Hbond substituents is 1. The SMILES string of the molecule is CCCCC1(CCCC)c2ccccc2-c2c1cc(O)c1ccccc21. The first-order valence-corrected chi connectivity index (χ1v) is 10.1. The fraction of sp³-hybridized carbons (Fsp3) is 0.360. The van der Waals surface area contributed by atoms with Crippen molar-refractivity contribution in [3.63, 3.8) is 0 Å². The summed E-state index contributed by atoms with van der Waals surface area (Å²) in [6.45, 7) is 4.54. The van der Waals surface area contributed by atoms with E-state index in [1.54, 1.807) is 0 Å². The molecule has 0 amide bonds. The van der Waals surface area contributed by atoms with Gasteiger partial charge in [0, 0.05) is 10.8 Å². The van der Waals surface area contributed by atoms with Gasteiger partial charge in [0.1, 0.15) is 5.75 Å². The Kier molecular flexibility index (Phi) is 4.48. The molecule has 0 saturated heterocycles. The molecule has 0 aromatic heterocycles. The van der Waals surface area contributed by atoms with Crippen LogP contribution in [-0.2, 0) is 5.41 Å². The number of phenols is 1. The predicted molar refractivity (Wildman–Crippen MR) is 111 cm³/mol. The second-order valence-electron chi connectivity index (χ2n) is 7.70. The number of fused-ring (bicyclic) bond motifs is 5. The minimum absolute atomic E-state index is 0.0411. The molecule has 4 rings (SSSR count). The molecule has 1 aliphatic carbocycles. The summed E-state index contributed by atoms with van der Waals surface area (Å²) >= 11 is 0. The van der Waals surface area contributed by atoms with Crippen molar-refractivity contribution in [3.8, 4) is 16.9 Å². The van der Waals surface area contributed by atoms with E-state index in [4.69, 9.17) is 0 Å². The van der Waals surface area contributed by atoms with Crippen LogP contribution in [0.2, 0.25) is 0 Å². The molecule has 0 heterocycles. The van der Waals surface area contributed by atoms with Crippen LogP contribution < -0.4 is 0 Å². The lowest BCUT2D eigenvalue weighted by molar-refractivity contribution is 0.411. The molecule has 0 bridgehead atoms. The van der Waals surface area contributed by atoms with Crippen LogP contribution in [0, 0.1) is 0 Å². The summed E-state index contributed by atoms with van der Waals surface area (Å²) < 4.78 is 0. The van der Waals surface area contributed by atoms with E-state index in [1.807, 2.05) is 12.1 Å². The van der Waals surface area contributed by atoms with E-state index >= 15 is 0 Å². The van der Waals surface area contributed by atoms with E-state index in [0.29, 0.717) is 5.75 Å². The molecule has 0 radical (unpaired) electrons. The first-order chi connectivity index (χ1) is 12.7. The highest BCUT2D eigenvalue weighted by Crippen LogP contribution is 2.57. The second-order valence-corrected chi connectivity index (χ2v) is 7.70. The first kappa shape index (κ1) is 17.1. The summed E-state index contributed by atoms with van der Waals surface area (Å²) in [5, 5.41) is 12.9. The number of unbranched alkanes of at least 4 members (excludes halogenated alkanes) is 2. The highest BCUT2D eigenvalue weighted by molar-refractivity contribution is 6.05. The standard InChI is InChI=1S/C25H28O/c1-3-5-15-25(16-6-4-2)21-14-10-9-13-20(21)24-19-12-8-7-11-18(19)23(26)17-22(24)25/h7-14,17,26H,3-6,15-16H2,1-2H3. The normalized spacial score (nSPS) is 14.4. The van der Waals surface area contributed by atoms with Gasteiger partial charge in [-0.2, -0.15) is 0 Å². The van der Waals surface area contributed by atoms with Crippen molar-refractivity contribution in [3.05, 3.63) is 65.7 Å². The number of aromatic hydroxyl groups is 1. The maximum Gasteiger partial charge on any atom is 0.123 e. The topological polar surface area (TPSA) is 20.2 Å². The molecule has 3 aromatic rings. The third-order valence-corrected chi connectivity index (χ3v) is 6.16. The van der Waals surface area contributed by atoms with Gasteiger partial charge in [0.15, 0.2) is 0 Å². The third kappa shape index (κ3) is 2.45. The van der Waals surface area contributed by atoms with Gasteiger partial charge in [-0.05, 0) is 46.5 Å². The van der Waals surface area contributed by atoms with Gasteiger partial charge in [-0.25, -0.2) is 0 Å². The molecule has 0 fully saturated rings. The van der Waals surface area contributed by atoms with Crippen molar-refractivity contribution >= 4 is 10.8 Å². The van der Waals surface area contributed by atoms with E-state index in [2.05, 4.69) is 56.3 Å². The molecule has 134 valence electrons. The largest absolute Gasteiger partial charge is 0.507 e. The number of hydrogen-bond acceptors (Lipinski definition) is 1. The fourth-order valence-corrected chi connectivity index (χ4v) is 4.91. The average Bonchev–Trinajstić information content (AvgIpc) is 2.95. The molecule has 0 aliphatic heterocycles. The van der Waals surface area contributed by atoms with Crippen LogP contribution in [0.5, 0.6) is 5.75 Å². The van der Waals surface area contributed by atoms with Crippen molar-refractivity contribution in [2.45, 2.75) is 57.8 Å². The van der Waals surface area contributed by atoms with Gasteiger partial charge in [0.05, 0.1) is 0 Å². The molecular weight excluding hydrogens is 316 g/mol. The van der Waals surface area contributed by atoms with Gasteiger partial charge < -0.3 is 5.11 Å². The van der Waals surface area contributed by atoms with E-state index < -0.39 is 0 Å². The highest BCUT2D eigenvalue weighted by atomic mass is 16.3. The Morgan fingerprint density at radius 2 is 1.38 bits per heavy atom. The van der Waals surface area contributed by atoms with Crippen LogP contribution in [0.1, 0.15) is 63.5 Å². The van der Waals surface area contributed by atoms with Crippen molar-refractivity contribution in [1.29, 1.82) is 0 Å². The highest BCUT2D eigenvalue weighted by Gasteiger charge is 2.43. The molecular formula is C25H28O. The lowest BCUT2D eigenvalue weighted by Crippen LogP contribution is -2.25. The second kappa shape index (κ2) is 6.79. The molecule has 0 spiro atoms. The van der Waals surface area contributed by atoms with E-state index in [1.165, 1.54) is 53.3 Å². The summed E-state index contributed by atoms with van der Waals surface area (Å²) in [7, 11) is 0. The summed E-state index contributed by atoms with van der Waals surface area (Å²) in [6, 6.07) is 19.3. The van der Waals surface area contributed by atoms with Crippen LogP contribution in [0.15, 0.2) is 54.6 Å². The minimum atomic E-state index is 0.0411. The lowest BCUT2D eigenvalue weighted by Gasteiger charge is -2.32. The van der Waals surface area contributed by atoms with Crippen molar-refractivity contribution in [2.24, 2.45) is 0 Å². The molecule has 3 aromatic carbocycles. The van der Waals surface area contributed by atoms with Crippen molar-refractivity contribution in [1.82, 2.24) is 0 Å². The van der Waals surface area contributed by atoms with Gasteiger partial charge in [-0.3, -0.25) is 0 Å². The smallest absolute Gasteiger partial charge is 0.123 e. The summed E-state index contributed by atoms with van der Waals surface area (Å²) in [4.78, 5) is 0. The first-order valence-electron chi connectivity index (χ1n) is 10.1. The zero-order chi connectivity index (χ0) is 18.1. The van der Waals surface area contributed by atoms with Gasteiger partial charge in [0.25, 0.3) is 0 Å². The monoisotopic (exact) mass is 344 g/mol. The van der Waals surface area contributed by atoms with Crippen LogP contribution in [0.25, 0.3) is 21.9 Å². The predicted octanol–water partition coefficient (Wildman–Crippen LogP) is 7.19. The van der Waals surface area contributed by atoms with Crippen LogP contribution in [0.4, 0.5) is 0 Å². The number of benzene rings is 3. The molecule has 1 aliphatic rings. The molecule has 26 heavy (non-hydrogen) atoms. The Bertz CT molecular complexity index is 930. The quantitative estimate of drug-likeness (QED) is 0.501. The van der Waals surface area contributed by atoms with E-state index in [-0.39, 0.29) is 5.41 Å². The van der Waals surface area contributed by atoms with Crippen molar-refractivity contribution in [2.75, 3.05) is 0 Å². The van der Waals surface area contributed by atoms with Crippen molar-refractivity contribution < 1.29 is 5.11 Å². The Morgan fingerprint density at radius 1 is 0.769 bits per heavy atom. The number of hydrogen-bond donors (Lipinski definition) is 1. The van der Waals surface area contributed by atoms with E-state index in [9.17, 15) is 5.11 Å². The summed E-state index contributed by atoms with van der Waals surface area (Å²) in [5.74, 6) is 0.421. The van der Waals surface area contributed by atoms with Gasteiger partial charge >= 0.3 is 0 Å². The third-order valence-electron chi connectivity index (χ3n) is 6.16. The average molecular weight is 344 g/mol. The lowest BCUT2D eigenvalue weighted by atomic mass is 9.70. The molecule has 1 heteroatoms. The van der Waals surface area contributed by atoms with Gasteiger partial charge in [0.2, 0.25) is 0 Å². The van der Waals surface area contributed by atoms with Crippen LogP contribution >= 0.6 is 0 Å². The van der Waals surface area contributed by atoms with Gasteiger partial charge in [-0.1, -0.05) is 88.1 Å². The van der Waals surface area contributed by atoms with Crippen LogP contribution in [0.3, 0.4) is 0 Å². The van der Waals surface area contributed by atoms with E-state index in [0.717, 1.165) is 18.2 Å². The molecule has 0 atom stereocenters. The molecule has 1 N–H and O–H groups in total. The zero-order valence-corrected chi connectivity index (χ0v) is 15.9. The Balaban J connectivity index is 2.06. The van der Waals surface area contributed by atoms with Crippen LogP contribution in [-0.4, -0.2) is 5.11 Å². The summed E-state index contributed by atoms with van der Waals surface area (Å²) in [5.41, 5.74) is 5.57. The van der Waals surface area contributed by atoms with Gasteiger partial charge in [-0.15, -0.1) is 0 Å². The Labute approximate surface area is 156 Å². The molecule has 1 nitrogen and oxygen atoms in total. The zero-order valence-electron chi connectivity index (χ0n) is 15.9. The molecule has 0 unspecified atom stereocenters. The Morgan fingerprint density at radius 3 is 2.08 bits per heavy atom. The fourth-order valence-electron chi connectivity index (χ4n) is 4.91.